The van der Waals surface area contributed by atoms with E-state index in [0.29, 0.717) is 12.3 Å². The van der Waals surface area contributed by atoms with E-state index < -0.39 is 0 Å². The Bertz CT molecular complexity index is 168. The molecule has 0 saturated heterocycles. The van der Waals surface area contributed by atoms with Crippen molar-refractivity contribution in [3.63, 3.8) is 0 Å². The quantitative estimate of drug-likeness (QED) is 0.413. The number of hydrogen-bond acceptors (Lipinski definition) is 1. The number of hydrogen-bond donors (Lipinski definition) is 1. The molecular weight excluding hydrogens is 274 g/mol. The third kappa shape index (κ3) is 1660. The van der Waals surface area contributed by atoms with Crippen LogP contribution in [0.25, 0.3) is 4.85 Å². The van der Waals surface area contributed by atoms with Gasteiger partial charge in [0.25, 0.3) is 0 Å². The second-order valence-corrected chi connectivity index (χ2v) is 1.05. The Morgan fingerprint density at radius 1 is 0.750 bits per heavy atom. The van der Waals surface area contributed by atoms with E-state index in [1.54, 1.807) is 0 Å². The summed E-state index contributed by atoms with van der Waals surface area (Å²) in [5, 5.41) is 0. The third-order valence-corrected chi connectivity index (χ3v) is 0.412. The molecule has 0 aliphatic rings. The average molecular weight is 279 g/mol. The monoisotopic (exact) mass is 279 g/mol. The minimum atomic E-state index is 0. The maximum Gasteiger partial charge on any atom is 0 e. The first-order valence-corrected chi connectivity index (χ1v) is 3.01. The Hall–Kier alpha value is -0.928. The Morgan fingerprint density at radius 2 is 0.938 bits per heavy atom. The molecule has 0 aliphatic carbocycles. The van der Waals surface area contributed by atoms with Gasteiger partial charge >= 0.3 is 56.5 Å². The summed E-state index contributed by atoms with van der Waals surface area (Å²) in [6, 6.07) is 0. The van der Waals surface area contributed by atoms with Gasteiger partial charge in [0, 0.05) is 17.4 Å². The first-order chi connectivity index (χ1) is 7.41. The van der Waals surface area contributed by atoms with Gasteiger partial charge in [-0.25, -0.2) is 6.57 Å². The van der Waals surface area contributed by atoms with Crippen LogP contribution < -0.4 is 0 Å². The van der Waals surface area contributed by atoms with Gasteiger partial charge in [-0.1, -0.05) is 0 Å². The third-order valence-electron chi connectivity index (χ3n) is 0.212. The molecule has 0 saturated carbocycles. The second kappa shape index (κ2) is 560. The topological polar surface area (TPSA) is 104 Å². The molecule has 0 fully saturated rings. The van der Waals surface area contributed by atoms with Crippen LogP contribution in [0.5, 0.6) is 0 Å². The van der Waals surface area contributed by atoms with Gasteiger partial charge in [0.1, 0.15) is 0 Å². The van der Waals surface area contributed by atoms with Gasteiger partial charge in [-0.3, -0.25) is 0 Å². The maximum absolute atomic E-state index is 7.50. The van der Waals surface area contributed by atoms with Crippen molar-refractivity contribution in [2.75, 3.05) is 12.3 Å². The van der Waals surface area contributed by atoms with E-state index in [0.717, 1.165) is 0 Å². The molecule has 0 aromatic rings. The Morgan fingerprint density at radius 3 is 0.938 bits per heavy atom. The molecule has 0 amide bonds. The van der Waals surface area contributed by atoms with Crippen molar-refractivity contribution >= 4 is 12.6 Å². The van der Waals surface area contributed by atoms with Crippen LogP contribution >= 0.6 is 12.6 Å². The van der Waals surface area contributed by atoms with Crippen LogP contribution in [-0.2, 0) is 40.6 Å². The summed E-state index contributed by atoms with van der Waals surface area (Å²) in [6.45, 7) is 29.2. The minimum absolute atomic E-state index is 0. The van der Waals surface area contributed by atoms with E-state index in [9.17, 15) is 0 Å². The molecule has 84 valence electrons. The standard InChI is InChI=1S/C3H5NS.5CO.Cr/c1-4-2-3-5;5*1-2;/h5H,2-3H2;;;;;;. The van der Waals surface area contributed by atoms with Crippen LogP contribution in [0.4, 0.5) is 0 Å². The zero-order valence-corrected chi connectivity index (χ0v) is 9.93. The second-order valence-electron chi connectivity index (χ2n) is 0.605. The molecule has 0 N–H and O–H groups in total. The SMILES string of the molecule is [C-]#[N+]CCS.[C-]#[O+].[C-]#[O+].[C-]#[O+].[C-]#[O+].[C-]#[O+].[Cr]. The van der Waals surface area contributed by atoms with Crippen molar-refractivity contribution in [3.05, 3.63) is 44.7 Å². The zero-order valence-electron chi connectivity index (χ0n) is 7.76. The minimum Gasteiger partial charge on any atom is 0 e. The Labute approximate surface area is 110 Å². The van der Waals surface area contributed by atoms with Gasteiger partial charge in [-0.15, -0.1) is 0 Å². The predicted molar refractivity (Wildman–Crippen MR) is 45.0 cm³/mol. The maximum atomic E-state index is 7.50. The van der Waals surface area contributed by atoms with Crippen molar-refractivity contribution in [1.29, 1.82) is 0 Å². The van der Waals surface area contributed by atoms with Crippen LogP contribution in [0.2, 0.25) is 0 Å². The van der Waals surface area contributed by atoms with Gasteiger partial charge in [0.05, 0.1) is 5.75 Å². The van der Waals surface area contributed by atoms with Crippen molar-refractivity contribution < 1.29 is 40.6 Å². The fraction of sp³-hybridized carbons (Fsp3) is 0.250. The van der Waals surface area contributed by atoms with Crippen molar-refractivity contribution in [3.8, 4) is 0 Å². The first-order valence-electron chi connectivity index (χ1n) is 2.38. The summed E-state index contributed by atoms with van der Waals surface area (Å²) in [4.78, 5) is 3.03. The molecule has 6 nitrogen and oxygen atoms in total. The van der Waals surface area contributed by atoms with Crippen LogP contribution in [-0.4, -0.2) is 12.3 Å². The van der Waals surface area contributed by atoms with Gasteiger partial charge in [0.15, 0.2) is 0 Å². The van der Waals surface area contributed by atoms with Crippen LogP contribution in [0.3, 0.4) is 0 Å². The van der Waals surface area contributed by atoms with Gasteiger partial charge in [-0.2, -0.15) is 12.6 Å². The molecule has 0 aromatic carbocycles. The van der Waals surface area contributed by atoms with E-state index in [2.05, 4.69) is 50.7 Å². The van der Waals surface area contributed by atoms with Gasteiger partial charge in [-0.05, 0) is 0 Å². The average Bonchev–Trinajstić information content (AvgIpc) is 2.42. The van der Waals surface area contributed by atoms with Crippen molar-refractivity contribution in [2.45, 2.75) is 0 Å². The molecule has 0 heterocycles. The zero-order chi connectivity index (χ0) is 14.1. The molecule has 0 unspecified atom stereocenters. The summed E-state index contributed by atoms with van der Waals surface area (Å²) >= 11 is 3.79. The van der Waals surface area contributed by atoms with E-state index in [1.165, 1.54) is 0 Å². The molecule has 16 heavy (non-hydrogen) atoms. The van der Waals surface area contributed by atoms with Gasteiger partial charge in [0.2, 0.25) is 6.54 Å². The predicted octanol–water partition coefficient (Wildman–Crippen LogP) is 0.645. The molecule has 0 spiro atoms. The van der Waals surface area contributed by atoms with Gasteiger partial charge < -0.3 is 4.85 Å². The Balaban J connectivity index is -0.0000000130. The molecule has 0 atom stereocenters. The number of rotatable bonds is 1. The first kappa shape index (κ1) is 45.8. The summed E-state index contributed by atoms with van der Waals surface area (Å²) in [6.07, 6.45) is 0. The fourth-order valence-corrected chi connectivity index (χ4v) is 0.150. The van der Waals surface area contributed by atoms with E-state index >= 15 is 0 Å². The van der Waals surface area contributed by atoms with Crippen LogP contribution in [0.15, 0.2) is 0 Å². The van der Waals surface area contributed by atoms with Crippen LogP contribution in [0.1, 0.15) is 0 Å². The summed E-state index contributed by atoms with van der Waals surface area (Å²) < 4.78 is 37.5. The molecule has 0 bridgehead atoms. The summed E-state index contributed by atoms with van der Waals surface area (Å²) in [7, 11) is 0. The Kier molecular flexibility index (Phi) is 1600. The van der Waals surface area contributed by atoms with E-state index in [4.69, 9.17) is 29.8 Å². The summed E-state index contributed by atoms with van der Waals surface area (Å²) in [5.74, 6) is 0.684. The molecule has 0 aromatic heterocycles. The smallest absolute Gasteiger partial charge is 0 e. The largest absolute Gasteiger partial charge is 0 e. The van der Waals surface area contributed by atoms with E-state index in [-0.39, 0.29) is 17.4 Å². The van der Waals surface area contributed by atoms with Crippen molar-refractivity contribution in [1.82, 2.24) is 0 Å². The molecular formula is C8H5CrNO5S. The number of nitrogens with zero attached hydrogens (tertiary/aromatic N) is 1. The number of thiol groups is 1. The van der Waals surface area contributed by atoms with E-state index in [1.807, 2.05) is 0 Å². The van der Waals surface area contributed by atoms with Crippen molar-refractivity contribution in [2.24, 2.45) is 0 Å². The molecule has 8 heteroatoms. The summed E-state index contributed by atoms with van der Waals surface area (Å²) in [5.41, 5.74) is 0. The fourth-order valence-electron chi connectivity index (χ4n) is 0.0500. The molecule has 0 rings (SSSR count). The normalized spacial score (nSPS) is 2.62. The molecule has 0 radical (unpaired) electrons. The molecule has 0 aliphatic heterocycles. The van der Waals surface area contributed by atoms with Crippen LogP contribution in [0, 0.1) is 39.8 Å².